The number of ketones is 1. The van der Waals surface area contributed by atoms with Gasteiger partial charge in [-0.3, -0.25) is 9.59 Å². The second-order valence-corrected chi connectivity index (χ2v) is 7.07. The molecule has 1 amide bonds. The Balaban J connectivity index is 2.03. The molecule has 0 saturated heterocycles. The van der Waals surface area contributed by atoms with Crippen LogP contribution in [0.25, 0.3) is 0 Å². The molecule has 0 radical (unpaired) electrons. The molecule has 7 heteroatoms. The van der Waals surface area contributed by atoms with E-state index in [2.05, 4.69) is 5.32 Å². The molecule has 1 N–H and O–H groups in total. The zero-order valence-corrected chi connectivity index (χ0v) is 15.5. The van der Waals surface area contributed by atoms with Crippen molar-refractivity contribution in [1.29, 1.82) is 0 Å². The SMILES string of the molecule is CC(C)[C@H](NC(=O)c1cccs1)C(=O)O[C@@H](C)C(=O)c1ccc(F)cc1. The highest BCUT2D eigenvalue weighted by Crippen LogP contribution is 2.13. The fraction of sp³-hybridized carbons (Fsp3) is 0.316. The highest BCUT2D eigenvalue weighted by Gasteiger charge is 2.29. The van der Waals surface area contributed by atoms with E-state index >= 15 is 0 Å². The van der Waals surface area contributed by atoms with Crippen LogP contribution in [0.5, 0.6) is 0 Å². The molecular formula is C19H20FNO4S. The molecule has 5 nitrogen and oxygen atoms in total. The number of rotatable bonds is 7. The maximum Gasteiger partial charge on any atom is 0.329 e. The largest absolute Gasteiger partial charge is 0.453 e. The number of hydrogen-bond acceptors (Lipinski definition) is 5. The van der Waals surface area contributed by atoms with Crippen molar-refractivity contribution < 1.29 is 23.5 Å². The van der Waals surface area contributed by atoms with Crippen LogP contribution >= 0.6 is 11.3 Å². The van der Waals surface area contributed by atoms with Crippen LogP contribution in [0, 0.1) is 11.7 Å². The summed E-state index contributed by atoms with van der Waals surface area (Å²) in [5.74, 6) is -2.17. The van der Waals surface area contributed by atoms with Crippen LogP contribution in [-0.2, 0) is 9.53 Å². The lowest BCUT2D eigenvalue weighted by Crippen LogP contribution is -2.46. The van der Waals surface area contributed by atoms with Gasteiger partial charge in [0.2, 0.25) is 5.78 Å². The molecule has 138 valence electrons. The number of thiophene rings is 1. The van der Waals surface area contributed by atoms with E-state index in [-0.39, 0.29) is 17.4 Å². The van der Waals surface area contributed by atoms with Gasteiger partial charge in [0.05, 0.1) is 4.88 Å². The van der Waals surface area contributed by atoms with Gasteiger partial charge in [0.25, 0.3) is 5.91 Å². The maximum atomic E-state index is 13.0. The highest BCUT2D eigenvalue weighted by molar-refractivity contribution is 7.12. The van der Waals surface area contributed by atoms with E-state index in [4.69, 9.17) is 4.74 Å². The molecule has 0 fully saturated rings. The normalized spacial score (nSPS) is 13.1. The molecule has 0 aliphatic carbocycles. The average Bonchev–Trinajstić information content (AvgIpc) is 3.13. The van der Waals surface area contributed by atoms with Crippen molar-refractivity contribution in [1.82, 2.24) is 5.32 Å². The van der Waals surface area contributed by atoms with E-state index in [1.54, 1.807) is 31.4 Å². The van der Waals surface area contributed by atoms with E-state index in [1.807, 2.05) is 0 Å². The van der Waals surface area contributed by atoms with Gasteiger partial charge in [0.15, 0.2) is 6.10 Å². The molecule has 1 aromatic heterocycles. The zero-order valence-electron chi connectivity index (χ0n) is 14.7. The Morgan fingerprint density at radius 3 is 2.27 bits per heavy atom. The summed E-state index contributed by atoms with van der Waals surface area (Å²) < 4.78 is 18.2. The molecule has 0 aliphatic heterocycles. The number of Topliss-reactive ketones (excluding diaryl/α,β-unsaturated/α-hetero) is 1. The standard InChI is InChI=1S/C19H20FNO4S/c1-11(2)16(21-18(23)15-5-4-10-26-15)19(24)25-12(3)17(22)13-6-8-14(20)9-7-13/h4-12,16H,1-3H3,(H,21,23)/t12-,16-/m0/s1. The molecule has 1 aromatic carbocycles. The number of esters is 1. The first-order chi connectivity index (χ1) is 12.3. The van der Waals surface area contributed by atoms with E-state index in [9.17, 15) is 18.8 Å². The summed E-state index contributed by atoms with van der Waals surface area (Å²) >= 11 is 1.26. The van der Waals surface area contributed by atoms with Gasteiger partial charge in [-0.2, -0.15) is 0 Å². The lowest BCUT2D eigenvalue weighted by atomic mass is 10.0. The lowest BCUT2D eigenvalue weighted by Gasteiger charge is -2.22. The van der Waals surface area contributed by atoms with Gasteiger partial charge in [-0.15, -0.1) is 11.3 Å². The van der Waals surface area contributed by atoms with E-state index in [1.165, 1.54) is 42.5 Å². The first-order valence-corrected chi connectivity index (χ1v) is 9.02. The third kappa shape index (κ3) is 4.98. The van der Waals surface area contributed by atoms with Gasteiger partial charge in [-0.05, 0) is 48.6 Å². The van der Waals surface area contributed by atoms with Gasteiger partial charge >= 0.3 is 5.97 Å². The minimum absolute atomic E-state index is 0.223. The van der Waals surface area contributed by atoms with Crippen molar-refractivity contribution in [2.45, 2.75) is 32.9 Å². The topological polar surface area (TPSA) is 72.5 Å². The van der Waals surface area contributed by atoms with Crippen molar-refractivity contribution in [3.05, 3.63) is 58.0 Å². The second kappa shape index (κ2) is 8.71. The lowest BCUT2D eigenvalue weighted by molar-refractivity contribution is -0.149. The smallest absolute Gasteiger partial charge is 0.329 e. The maximum absolute atomic E-state index is 13.0. The molecule has 0 spiro atoms. The van der Waals surface area contributed by atoms with Crippen molar-refractivity contribution >= 4 is 29.0 Å². The predicted octanol–water partition coefficient (Wildman–Crippen LogP) is 3.46. The quantitative estimate of drug-likeness (QED) is 0.592. The first kappa shape index (κ1) is 19.8. The molecule has 2 aromatic rings. The number of benzene rings is 1. The molecular weight excluding hydrogens is 357 g/mol. The van der Waals surface area contributed by atoms with Crippen LogP contribution in [-0.4, -0.2) is 29.8 Å². The summed E-state index contributed by atoms with van der Waals surface area (Å²) in [5, 5.41) is 4.41. The Bertz CT molecular complexity index is 771. The molecule has 2 rings (SSSR count). The molecule has 1 heterocycles. The second-order valence-electron chi connectivity index (χ2n) is 6.12. The van der Waals surface area contributed by atoms with Crippen LogP contribution in [0.15, 0.2) is 41.8 Å². The number of halogens is 1. The fourth-order valence-electron chi connectivity index (χ4n) is 2.27. The third-order valence-corrected chi connectivity index (χ3v) is 4.61. The number of carbonyl (C=O) groups is 3. The zero-order chi connectivity index (χ0) is 19.3. The number of ether oxygens (including phenoxy) is 1. The van der Waals surface area contributed by atoms with Gasteiger partial charge in [-0.25, -0.2) is 9.18 Å². The molecule has 0 aliphatic rings. The Labute approximate surface area is 155 Å². The molecule has 0 unspecified atom stereocenters. The summed E-state index contributed by atoms with van der Waals surface area (Å²) in [4.78, 5) is 37.4. The van der Waals surface area contributed by atoms with Gasteiger partial charge in [0, 0.05) is 5.56 Å². The number of hydrogen-bond donors (Lipinski definition) is 1. The highest BCUT2D eigenvalue weighted by atomic mass is 32.1. The minimum atomic E-state index is -1.05. The van der Waals surface area contributed by atoms with E-state index < -0.39 is 29.7 Å². The molecule has 0 saturated carbocycles. The van der Waals surface area contributed by atoms with E-state index in [0.29, 0.717) is 4.88 Å². The minimum Gasteiger partial charge on any atom is -0.453 e. The van der Waals surface area contributed by atoms with Crippen molar-refractivity contribution in [2.75, 3.05) is 0 Å². The van der Waals surface area contributed by atoms with Gasteiger partial charge < -0.3 is 10.1 Å². The first-order valence-electron chi connectivity index (χ1n) is 8.14. The summed E-state index contributed by atoms with van der Waals surface area (Å²) in [5.41, 5.74) is 0.246. The Morgan fingerprint density at radius 2 is 1.73 bits per heavy atom. The summed E-state index contributed by atoms with van der Waals surface area (Å²) in [7, 11) is 0. The van der Waals surface area contributed by atoms with E-state index in [0.717, 1.165) is 0 Å². The summed E-state index contributed by atoms with van der Waals surface area (Å²) in [6, 6.07) is 7.52. The number of carbonyl (C=O) groups excluding carboxylic acids is 3. The van der Waals surface area contributed by atoms with Crippen molar-refractivity contribution in [2.24, 2.45) is 5.92 Å². The van der Waals surface area contributed by atoms with Crippen LogP contribution < -0.4 is 5.32 Å². The average molecular weight is 377 g/mol. The van der Waals surface area contributed by atoms with Crippen molar-refractivity contribution in [3.63, 3.8) is 0 Å². The monoisotopic (exact) mass is 377 g/mol. The summed E-state index contributed by atoms with van der Waals surface area (Å²) in [6.45, 7) is 4.99. The van der Waals surface area contributed by atoms with Crippen molar-refractivity contribution in [3.8, 4) is 0 Å². The number of nitrogens with one attached hydrogen (secondary N) is 1. The van der Waals surface area contributed by atoms with Crippen LogP contribution in [0.1, 0.15) is 40.8 Å². The third-order valence-electron chi connectivity index (χ3n) is 3.74. The predicted molar refractivity (Wildman–Crippen MR) is 96.7 cm³/mol. The van der Waals surface area contributed by atoms with Crippen LogP contribution in [0.3, 0.4) is 0 Å². The Hall–Kier alpha value is -2.54. The summed E-state index contributed by atoms with van der Waals surface area (Å²) in [6.07, 6.45) is -1.05. The molecule has 2 atom stereocenters. The molecule has 26 heavy (non-hydrogen) atoms. The Morgan fingerprint density at radius 1 is 1.08 bits per heavy atom. The van der Waals surface area contributed by atoms with Gasteiger partial charge in [0.1, 0.15) is 11.9 Å². The molecule has 0 bridgehead atoms. The fourth-order valence-corrected chi connectivity index (χ4v) is 2.89. The van der Waals surface area contributed by atoms with Gasteiger partial charge in [-0.1, -0.05) is 19.9 Å². The number of amides is 1. The van der Waals surface area contributed by atoms with Crippen LogP contribution in [0.2, 0.25) is 0 Å². The van der Waals surface area contributed by atoms with Crippen LogP contribution in [0.4, 0.5) is 4.39 Å². The Kier molecular flexibility index (Phi) is 6.63.